The number of benzene rings is 2. The summed E-state index contributed by atoms with van der Waals surface area (Å²) in [5.41, 5.74) is 9.46. The van der Waals surface area contributed by atoms with E-state index in [-0.39, 0.29) is 11.8 Å². The van der Waals surface area contributed by atoms with Crippen molar-refractivity contribution in [2.45, 2.75) is 58.9 Å². The van der Waals surface area contributed by atoms with Crippen LogP contribution in [0.3, 0.4) is 0 Å². The first-order chi connectivity index (χ1) is 13.0. The molecular weight excluding hydrogens is 336 g/mol. The van der Waals surface area contributed by atoms with Gasteiger partial charge in [0.2, 0.25) is 5.91 Å². The Labute approximate surface area is 160 Å². The average molecular weight is 362 g/mol. The van der Waals surface area contributed by atoms with Crippen molar-refractivity contribution < 1.29 is 9.59 Å². The molecule has 0 bridgehead atoms. The van der Waals surface area contributed by atoms with Crippen molar-refractivity contribution in [1.82, 2.24) is 5.32 Å². The Morgan fingerprint density at radius 1 is 0.963 bits per heavy atom. The maximum Gasteiger partial charge on any atom is 0.251 e. The van der Waals surface area contributed by atoms with E-state index < -0.39 is 0 Å². The van der Waals surface area contributed by atoms with Gasteiger partial charge in [-0.2, -0.15) is 0 Å². The largest absolute Gasteiger partial charge is 0.348 e. The molecule has 2 aromatic rings. The van der Waals surface area contributed by atoms with E-state index in [0.717, 1.165) is 18.4 Å². The Kier molecular flexibility index (Phi) is 4.73. The van der Waals surface area contributed by atoms with Crippen molar-refractivity contribution in [2.75, 3.05) is 5.32 Å². The average Bonchev–Trinajstić information content (AvgIpc) is 3.28. The van der Waals surface area contributed by atoms with E-state index in [1.165, 1.54) is 60.4 Å². The van der Waals surface area contributed by atoms with Crippen LogP contribution in [0.15, 0.2) is 24.3 Å². The molecule has 2 aliphatic rings. The highest BCUT2D eigenvalue weighted by atomic mass is 16.2. The number of rotatable bonds is 4. The lowest BCUT2D eigenvalue weighted by Crippen LogP contribution is -2.25. The van der Waals surface area contributed by atoms with E-state index in [9.17, 15) is 9.59 Å². The lowest BCUT2D eigenvalue weighted by Gasteiger charge is -2.16. The molecule has 2 amide bonds. The van der Waals surface area contributed by atoms with E-state index in [0.29, 0.717) is 17.8 Å². The standard InChI is InChI=1S/C23H26N2O2/c1-14-9-10-18(25-15(2)26)12-21(14)23(27)24-13-22-19-7-3-5-16(19)11-17-6-4-8-20(17)22/h9-12H,3-8,13H2,1-2H3,(H,24,27)(H,25,26). The van der Waals surface area contributed by atoms with Crippen LogP contribution in [0.5, 0.6) is 0 Å². The van der Waals surface area contributed by atoms with Crippen LogP contribution in [-0.2, 0) is 37.0 Å². The van der Waals surface area contributed by atoms with E-state index in [1.54, 1.807) is 6.07 Å². The summed E-state index contributed by atoms with van der Waals surface area (Å²) in [4.78, 5) is 24.1. The highest BCUT2D eigenvalue weighted by Crippen LogP contribution is 2.35. The SMILES string of the molecule is CC(=O)Nc1ccc(C)c(C(=O)NCc2c3c(cc4c2CCC4)CCC3)c1. The molecule has 0 atom stereocenters. The molecule has 0 saturated heterocycles. The first-order valence-corrected chi connectivity index (χ1v) is 9.84. The van der Waals surface area contributed by atoms with Crippen molar-refractivity contribution in [3.8, 4) is 0 Å². The van der Waals surface area contributed by atoms with Crippen LogP contribution in [-0.4, -0.2) is 11.8 Å². The zero-order valence-corrected chi connectivity index (χ0v) is 16.1. The van der Waals surface area contributed by atoms with Gasteiger partial charge in [0, 0.05) is 24.7 Å². The lowest BCUT2D eigenvalue weighted by atomic mass is 9.94. The number of fused-ring (bicyclic) bond motifs is 2. The van der Waals surface area contributed by atoms with E-state index in [1.807, 2.05) is 19.1 Å². The van der Waals surface area contributed by atoms with E-state index in [2.05, 4.69) is 16.7 Å². The molecule has 0 radical (unpaired) electrons. The van der Waals surface area contributed by atoms with Crippen LogP contribution in [0.2, 0.25) is 0 Å². The van der Waals surface area contributed by atoms with Gasteiger partial charge in [-0.05, 0) is 91.0 Å². The molecule has 2 N–H and O–H groups in total. The predicted octanol–water partition coefficient (Wildman–Crippen LogP) is 3.86. The lowest BCUT2D eigenvalue weighted by molar-refractivity contribution is -0.114. The molecule has 0 unspecified atom stereocenters. The molecule has 0 spiro atoms. The van der Waals surface area contributed by atoms with Crippen LogP contribution in [0.25, 0.3) is 0 Å². The number of amides is 2. The summed E-state index contributed by atoms with van der Waals surface area (Å²) < 4.78 is 0. The number of carbonyl (C=O) groups excluding carboxylic acids is 2. The molecule has 0 aliphatic heterocycles. The van der Waals surface area contributed by atoms with Gasteiger partial charge >= 0.3 is 0 Å². The molecule has 4 rings (SSSR count). The second kappa shape index (κ2) is 7.18. The Bertz CT molecular complexity index is 898. The molecule has 0 aromatic heterocycles. The van der Waals surface area contributed by atoms with Crippen LogP contribution in [0, 0.1) is 6.92 Å². The van der Waals surface area contributed by atoms with Crippen LogP contribution >= 0.6 is 0 Å². The van der Waals surface area contributed by atoms with Gasteiger partial charge in [0.1, 0.15) is 0 Å². The fourth-order valence-electron chi connectivity index (χ4n) is 4.56. The van der Waals surface area contributed by atoms with E-state index in [4.69, 9.17) is 0 Å². The predicted molar refractivity (Wildman–Crippen MR) is 107 cm³/mol. The Morgan fingerprint density at radius 2 is 1.63 bits per heavy atom. The normalized spacial score (nSPS) is 14.6. The molecule has 0 saturated carbocycles. The molecule has 140 valence electrons. The number of aryl methyl sites for hydroxylation is 3. The molecular formula is C23H26N2O2. The van der Waals surface area contributed by atoms with Gasteiger partial charge < -0.3 is 10.6 Å². The molecule has 27 heavy (non-hydrogen) atoms. The maximum atomic E-state index is 12.9. The first kappa shape index (κ1) is 17.8. The summed E-state index contributed by atoms with van der Waals surface area (Å²) in [6.45, 7) is 3.98. The van der Waals surface area contributed by atoms with Gasteiger partial charge in [-0.1, -0.05) is 12.1 Å². The zero-order valence-electron chi connectivity index (χ0n) is 16.1. The molecule has 0 fully saturated rings. The topological polar surface area (TPSA) is 58.2 Å². The van der Waals surface area contributed by atoms with Gasteiger partial charge in [0.25, 0.3) is 5.91 Å². The smallest absolute Gasteiger partial charge is 0.251 e. The van der Waals surface area contributed by atoms with Crippen molar-refractivity contribution in [2.24, 2.45) is 0 Å². The number of anilines is 1. The third-order valence-corrected chi connectivity index (χ3v) is 5.83. The van der Waals surface area contributed by atoms with Crippen LogP contribution in [0.4, 0.5) is 5.69 Å². The van der Waals surface area contributed by atoms with Gasteiger partial charge in [-0.15, -0.1) is 0 Å². The summed E-state index contributed by atoms with van der Waals surface area (Å²) in [5, 5.41) is 5.89. The molecule has 2 aromatic carbocycles. The minimum absolute atomic E-state index is 0.0814. The van der Waals surface area contributed by atoms with Crippen molar-refractivity contribution in [3.05, 3.63) is 63.2 Å². The van der Waals surface area contributed by atoms with Crippen molar-refractivity contribution >= 4 is 17.5 Å². The Balaban J connectivity index is 1.57. The maximum absolute atomic E-state index is 12.9. The minimum Gasteiger partial charge on any atom is -0.348 e. The highest BCUT2D eigenvalue weighted by molar-refractivity contribution is 5.98. The third-order valence-electron chi connectivity index (χ3n) is 5.83. The summed E-state index contributed by atoms with van der Waals surface area (Å²) in [6, 6.07) is 7.87. The van der Waals surface area contributed by atoms with Gasteiger partial charge in [-0.3, -0.25) is 9.59 Å². The monoisotopic (exact) mass is 362 g/mol. The summed E-state index contributed by atoms with van der Waals surface area (Å²) in [5.74, 6) is -0.220. The summed E-state index contributed by atoms with van der Waals surface area (Å²) >= 11 is 0. The molecule has 0 heterocycles. The van der Waals surface area contributed by atoms with E-state index >= 15 is 0 Å². The number of hydrogen-bond donors (Lipinski definition) is 2. The minimum atomic E-state index is -0.138. The third kappa shape index (κ3) is 3.48. The quantitative estimate of drug-likeness (QED) is 0.868. The Morgan fingerprint density at radius 3 is 2.26 bits per heavy atom. The number of carbonyl (C=O) groups is 2. The zero-order chi connectivity index (χ0) is 19.0. The van der Waals surface area contributed by atoms with Crippen LogP contribution < -0.4 is 10.6 Å². The number of hydrogen-bond acceptors (Lipinski definition) is 2. The fourth-order valence-corrected chi connectivity index (χ4v) is 4.56. The number of nitrogens with one attached hydrogen (secondary N) is 2. The van der Waals surface area contributed by atoms with Crippen molar-refractivity contribution in [3.63, 3.8) is 0 Å². The van der Waals surface area contributed by atoms with Crippen LogP contribution in [0.1, 0.15) is 63.5 Å². The summed E-state index contributed by atoms with van der Waals surface area (Å²) in [6.07, 6.45) is 7.03. The van der Waals surface area contributed by atoms with Gasteiger partial charge in [-0.25, -0.2) is 0 Å². The second-order valence-corrected chi connectivity index (χ2v) is 7.73. The van der Waals surface area contributed by atoms with Gasteiger partial charge in [0.15, 0.2) is 0 Å². The Hall–Kier alpha value is -2.62. The van der Waals surface area contributed by atoms with Crippen molar-refractivity contribution in [1.29, 1.82) is 0 Å². The summed E-state index contributed by atoms with van der Waals surface area (Å²) in [7, 11) is 0. The molecule has 4 nitrogen and oxygen atoms in total. The molecule has 2 aliphatic carbocycles. The first-order valence-electron chi connectivity index (χ1n) is 9.84. The molecule has 4 heteroatoms. The second-order valence-electron chi connectivity index (χ2n) is 7.73. The highest BCUT2D eigenvalue weighted by Gasteiger charge is 2.24. The fraction of sp³-hybridized carbons (Fsp3) is 0.391. The van der Waals surface area contributed by atoms with Gasteiger partial charge in [0.05, 0.1) is 0 Å².